The first-order valence-electron chi connectivity index (χ1n) is 8.36. The highest BCUT2D eigenvalue weighted by Crippen LogP contribution is 2.27. The minimum absolute atomic E-state index is 0.0982. The summed E-state index contributed by atoms with van der Waals surface area (Å²) in [6, 6.07) is 15.1. The normalized spacial score (nSPS) is 13.9. The Bertz CT molecular complexity index is 734. The first-order chi connectivity index (χ1) is 11.6. The van der Waals surface area contributed by atoms with Crippen LogP contribution < -0.4 is 10.6 Å². The molecule has 1 aliphatic carbocycles. The Labute approximate surface area is 142 Å². The summed E-state index contributed by atoms with van der Waals surface area (Å²) in [5, 5.41) is 5.87. The van der Waals surface area contributed by atoms with E-state index in [-0.39, 0.29) is 17.7 Å². The van der Waals surface area contributed by atoms with Crippen LogP contribution in [0.3, 0.4) is 0 Å². The second-order valence-corrected chi connectivity index (χ2v) is 6.37. The Morgan fingerprint density at radius 3 is 2.50 bits per heavy atom. The van der Waals surface area contributed by atoms with Gasteiger partial charge in [-0.1, -0.05) is 36.2 Å². The number of anilines is 1. The zero-order valence-corrected chi connectivity index (χ0v) is 13.8. The van der Waals surface area contributed by atoms with E-state index < -0.39 is 0 Å². The van der Waals surface area contributed by atoms with E-state index in [0.717, 1.165) is 36.1 Å². The molecule has 0 saturated heterocycles. The lowest BCUT2D eigenvalue weighted by Crippen LogP contribution is -2.28. The van der Waals surface area contributed by atoms with Crippen molar-refractivity contribution in [3.05, 3.63) is 65.2 Å². The Morgan fingerprint density at radius 2 is 1.83 bits per heavy atom. The van der Waals surface area contributed by atoms with Gasteiger partial charge in [-0.2, -0.15) is 0 Å². The minimum atomic E-state index is -0.0982. The molecule has 0 atom stereocenters. The van der Waals surface area contributed by atoms with E-state index in [0.29, 0.717) is 12.1 Å². The summed E-state index contributed by atoms with van der Waals surface area (Å²) in [5.74, 6) is 0.163. The molecule has 2 aromatic rings. The summed E-state index contributed by atoms with van der Waals surface area (Å²) in [7, 11) is 0. The molecule has 0 aromatic heterocycles. The topological polar surface area (TPSA) is 58.2 Å². The van der Waals surface area contributed by atoms with Crippen molar-refractivity contribution in [2.45, 2.75) is 32.7 Å². The van der Waals surface area contributed by atoms with E-state index in [2.05, 4.69) is 10.6 Å². The third-order valence-electron chi connectivity index (χ3n) is 4.44. The van der Waals surface area contributed by atoms with Crippen molar-refractivity contribution in [2.24, 2.45) is 5.92 Å². The zero-order chi connectivity index (χ0) is 16.9. The molecule has 24 heavy (non-hydrogen) atoms. The summed E-state index contributed by atoms with van der Waals surface area (Å²) < 4.78 is 0. The van der Waals surface area contributed by atoms with Crippen LogP contribution in [-0.4, -0.2) is 11.8 Å². The van der Waals surface area contributed by atoms with Gasteiger partial charge in [0.05, 0.1) is 0 Å². The molecule has 0 radical (unpaired) electrons. The summed E-state index contributed by atoms with van der Waals surface area (Å²) in [6.07, 6.45) is 3.11. The number of carbonyl (C=O) groups is 2. The fourth-order valence-corrected chi connectivity index (χ4v) is 2.66. The first kappa shape index (κ1) is 16.2. The molecule has 0 spiro atoms. The van der Waals surface area contributed by atoms with Gasteiger partial charge < -0.3 is 10.6 Å². The lowest BCUT2D eigenvalue weighted by atomic mass is 9.85. The van der Waals surface area contributed by atoms with Gasteiger partial charge in [-0.15, -0.1) is 0 Å². The maximum absolute atomic E-state index is 12.1. The average molecular weight is 322 g/mol. The first-order valence-corrected chi connectivity index (χ1v) is 8.36. The van der Waals surface area contributed by atoms with Gasteiger partial charge in [-0.25, -0.2) is 0 Å². The van der Waals surface area contributed by atoms with Gasteiger partial charge in [-0.3, -0.25) is 9.59 Å². The highest BCUT2D eigenvalue weighted by Gasteiger charge is 2.25. The number of aryl methyl sites for hydroxylation is 1. The number of hydrogen-bond acceptors (Lipinski definition) is 2. The van der Waals surface area contributed by atoms with Gasteiger partial charge in [-0.05, 0) is 49.6 Å². The van der Waals surface area contributed by atoms with Crippen molar-refractivity contribution in [1.82, 2.24) is 5.32 Å². The maximum Gasteiger partial charge on any atom is 0.251 e. The fourth-order valence-electron chi connectivity index (χ4n) is 2.66. The second-order valence-electron chi connectivity index (χ2n) is 6.37. The maximum atomic E-state index is 12.1. The van der Waals surface area contributed by atoms with Gasteiger partial charge >= 0.3 is 0 Å². The Morgan fingerprint density at radius 1 is 1.08 bits per heavy atom. The van der Waals surface area contributed by atoms with Crippen LogP contribution in [-0.2, 0) is 11.3 Å². The van der Waals surface area contributed by atoms with Crippen molar-refractivity contribution in [3.63, 3.8) is 0 Å². The molecular formula is C20H22N2O2. The number of hydrogen-bond donors (Lipinski definition) is 2. The minimum Gasteiger partial charge on any atom is -0.348 e. The number of amides is 2. The average Bonchev–Trinajstić information content (AvgIpc) is 2.52. The lowest BCUT2D eigenvalue weighted by Gasteiger charge is -2.24. The lowest BCUT2D eigenvalue weighted by molar-refractivity contribution is -0.122. The van der Waals surface area contributed by atoms with Gasteiger partial charge in [0.15, 0.2) is 0 Å². The van der Waals surface area contributed by atoms with Crippen LogP contribution >= 0.6 is 0 Å². The molecule has 1 saturated carbocycles. The third kappa shape index (κ3) is 4.02. The van der Waals surface area contributed by atoms with Crippen LogP contribution in [0.25, 0.3) is 0 Å². The van der Waals surface area contributed by atoms with Crippen molar-refractivity contribution in [2.75, 3.05) is 5.32 Å². The molecule has 0 unspecified atom stereocenters. The summed E-state index contributed by atoms with van der Waals surface area (Å²) in [6.45, 7) is 2.42. The molecule has 0 bridgehead atoms. The van der Waals surface area contributed by atoms with E-state index in [1.54, 1.807) is 0 Å². The van der Waals surface area contributed by atoms with E-state index >= 15 is 0 Å². The van der Waals surface area contributed by atoms with E-state index in [1.165, 1.54) is 0 Å². The molecule has 2 aromatic carbocycles. The monoisotopic (exact) mass is 322 g/mol. The SMILES string of the molecule is Cc1ccc(C(=O)NCc2cccc(NC(=O)C3CCC3)c2)cc1. The van der Waals surface area contributed by atoms with Gasteiger partial charge in [0.1, 0.15) is 0 Å². The summed E-state index contributed by atoms with van der Waals surface area (Å²) in [4.78, 5) is 24.2. The van der Waals surface area contributed by atoms with Crippen LogP contribution in [0.15, 0.2) is 48.5 Å². The van der Waals surface area contributed by atoms with E-state index in [1.807, 2.05) is 55.5 Å². The van der Waals surface area contributed by atoms with E-state index in [4.69, 9.17) is 0 Å². The standard InChI is InChI=1S/C20H22N2O2/c1-14-8-10-17(11-9-14)19(23)21-13-15-4-2-7-18(12-15)22-20(24)16-5-3-6-16/h2,4,7-12,16H,3,5-6,13H2,1H3,(H,21,23)(H,22,24). The quantitative estimate of drug-likeness (QED) is 0.882. The largest absolute Gasteiger partial charge is 0.348 e. The zero-order valence-electron chi connectivity index (χ0n) is 13.8. The molecule has 4 nitrogen and oxygen atoms in total. The highest BCUT2D eigenvalue weighted by atomic mass is 16.2. The van der Waals surface area contributed by atoms with Crippen LogP contribution in [0.5, 0.6) is 0 Å². The van der Waals surface area contributed by atoms with Crippen LogP contribution in [0, 0.1) is 12.8 Å². The van der Waals surface area contributed by atoms with Crippen molar-refractivity contribution < 1.29 is 9.59 Å². The molecule has 1 aliphatic rings. The molecular weight excluding hydrogens is 300 g/mol. The Kier molecular flexibility index (Phi) is 4.94. The number of rotatable bonds is 5. The fraction of sp³-hybridized carbons (Fsp3) is 0.300. The number of benzene rings is 2. The Hall–Kier alpha value is -2.62. The summed E-state index contributed by atoms with van der Waals surface area (Å²) in [5.41, 5.74) is 3.52. The smallest absolute Gasteiger partial charge is 0.251 e. The third-order valence-corrected chi connectivity index (χ3v) is 4.44. The van der Waals surface area contributed by atoms with Crippen LogP contribution in [0.4, 0.5) is 5.69 Å². The van der Waals surface area contributed by atoms with Crippen LogP contribution in [0.1, 0.15) is 40.7 Å². The van der Waals surface area contributed by atoms with Gasteiger partial charge in [0.25, 0.3) is 5.91 Å². The van der Waals surface area contributed by atoms with Gasteiger partial charge in [0.2, 0.25) is 5.91 Å². The van der Waals surface area contributed by atoms with Crippen LogP contribution in [0.2, 0.25) is 0 Å². The number of nitrogens with one attached hydrogen (secondary N) is 2. The number of carbonyl (C=O) groups excluding carboxylic acids is 2. The highest BCUT2D eigenvalue weighted by molar-refractivity contribution is 5.94. The molecule has 2 N–H and O–H groups in total. The molecule has 1 fully saturated rings. The molecule has 2 amide bonds. The predicted octanol–water partition coefficient (Wildman–Crippen LogP) is 3.66. The molecule has 0 heterocycles. The van der Waals surface area contributed by atoms with Crippen molar-refractivity contribution >= 4 is 17.5 Å². The predicted molar refractivity (Wildman–Crippen MR) is 94.8 cm³/mol. The Balaban J connectivity index is 1.57. The second kappa shape index (κ2) is 7.30. The molecule has 0 aliphatic heterocycles. The summed E-state index contributed by atoms with van der Waals surface area (Å²) >= 11 is 0. The molecule has 124 valence electrons. The molecule has 3 rings (SSSR count). The molecule has 4 heteroatoms. The van der Waals surface area contributed by atoms with E-state index in [9.17, 15) is 9.59 Å². The van der Waals surface area contributed by atoms with Crippen molar-refractivity contribution in [3.8, 4) is 0 Å². The van der Waals surface area contributed by atoms with Crippen molar-refractivity contribution in [1.29, 1.82) is 0 Å². The van der Waals surface area contributed by atoms with Gasteiger partial charge in [0, 0.05) is 23.7 Å².